The van der Waals surface area contributed by atoms with Crippen molar-refractivity contribution in [2.45, 2.75) is 25.8 Å². The molecule has 1 saturated carbocycles. The van der Waals surface area contributed by atoms with Crippen LogP contribution in [0.5, 0.6) is 0 Å². The molecule has 15 heavy (non-hydrogen) atoms. The third-order valence-corrected chi connectivity index (χ3v) is 2.87. The maximum atomic E-state index is 11.6. The molecule has 3 N–H and O–H groups in total. The second kappa shape index (κ2) is 4.61. The first-order chi connectivity index (χ1) is 6.91. The van der Waals surface area contributed by atoms with Gasteiger partial charge >= 0.3 is 5.97 Å². The number of hydrogen-bond acceptors (Lipinski definition) is 3. The second-order valence-electron chi connectivity index (χ2n) is 4.40. The van der Waals surface area contributed by atoms with Crippen LogP contribution in [0, 0.1) is 11.8 Å². The lowest BCUT2D eigenvalue weighted by Gasteiger charge is -2.20. The Balaban J connectivity index is 2.34. The number of amides is 1. The topological polar surface area (TPSA) is 83.6 Å². The van der Waals surface area contributed by atoms with E-state index < -0.39 is 12.0 Å². The molecule has 0 spiro atoms. The Morgan fingerprint density at radius 3 is 2.53 bits per heavy atom. The first-order valence-electron chi connectivity index (χ1n) is 5.14. The van der Waals surface area contributed by atoms with Gasteiger partial charge in [0.15, 0.2) is 0 Å². The molecule has 0 bridgehead atoms. The molecular formula is C10H18N2O3. The molecule has 0 heterocycles. The Morgan fingerprint density at radius 2 is 2.13 bits per heavy atom. The molecule has 0 saturated heterocycles. The van der Waals surface area contributed by atoms with Gasteiger partial charge in [0.1, 0.15) is 0 Å². The van der Waals surface area contributed by atoms with Crippen molar-refractivity contribution >= 4 is 11.9 Å². The molecule has 3 atom stereocenters. The fourth-order valence-electron chi connectivity index (χ4n) is 1.65. The van der Waals surface area contributed by atoms with Crippen molar-refractivity contribution in [3.63, 3.8) is 0 Å². The average molecular weight is 214 g/mol. The number of rotatable bonds is 5. The number of carbonyl (C=O) groups excluding carboxylic acids is 1. The molecule has 5 heteroatoms. The number of carboxylic acid groups (broad SMARTS) is 1. The van der Waals surface area contributed by atoms with E-state index in [0.717, 1.165) is 6.42 Å². The summed E-state index contributed by atoms with van der Waals surface area (Å²) in [6.07, 6.45) is 0.842. The van der Waals surface area contributed by atoms with E-state index in [-0.39, 0.29) is 12.3 Å². The molecule has 0 aromatic carbocycles. The molecule has 86 valence electrons. The van der Waals surface area contributed by atoms with E-state index in [1.165, 1.54) is 0 Å². The van der Waals surface area contributed by atoms with Crippen LogP contribution in [0.15, 0.2) is 0 Å². The summed E-state index contributed by atoms with van der Waals surface area (Å²) in [6.45, 7) is 2.83. The Hall–Kier alpha value is -1.10. The summed E-state index contributed by atoms with van der Waals surface area (Å²) in [7, 11) is 1.68. The van der Waals surface area contributed by atoms with Crippen LogP contribution in [-0.2, 0) is 9.59 Å². The molecule has 0 radical (unpaired) electrons. The van der Waals surface area contributed by atoms with Crippen LogP contribution in [0.3, 0.4) is 0 Å². The number of carboxylic acids is 1. The molecule has 5 nitrogen and oxygen atoms in total. The van der Waals surface area contributed by atoms with Crippen molar-refractivity contribution in [3.05, 3.63) is 0 Å². The highest BCUT2D eigenvalue weighted by atomic mass is 16.4. The normalized spacial score (nSPS) is 25.8. The fraction of sp³-hybridized carbons (Fsp3) is 0.800. The van der Waals surface area contributed by atoms with E-state index >= 15 is 0 Å². The minimum Gasteiger partial charge on any atom is -0.481 e. The van der Waals surface area contributed by atoms with Crippen LogP contribution in [0.25, 0.3) is 0 Å². The fourth-order valence-corrected chi connectivity index (χ4v) is 1.65. The summed E-state index contributed by atoms with van der Waals surface area (Å²) in [5.74, 6) is -0.0764. The summed E-state index contributed by atoms with van der Waals surface area (Å²) in [5, 5.41) is 8.50. The summed E-state index contributed by atoms with van der Waals surface area (Å²) in [5.41, 5.74) is 5.48. The van der Waals surface area contributed by atoms with Crippen molar-refractivity contribution in [1.82, 2.24) is 4.90 Å². The predicted octanol–water partition coefficient (Wildman–Crippen LogP) is -0.0972. The van der Waals surface area contributed by atoms with Crippen LogP contribution < -0.4 is 5.73 Å². The molecule has 0 aromatic rings. The highest BCUT2D eigenvalue weighted by Gasteiger charge is 2.35. The monoisotopic (exact) mass is 214 g/mol. The highest BCUT2D eigenvalue weighted by molar-refractivity contribution is 5.85. The molecule has 0 aliphatic heterocycles. The Kier molecular flexibility index (Phi) is 3.68. The number of nitrogens with zero attached hydrogens (tertiary/aromatic N) is 1. The minimum absolute atomic E-state index is 0.281. The summed E-state index contributed by atoms with van der Waals surface area (Å²) >= 11 is 0. The van der Waals surface area contributed by atoms with E-state index in [2.05, 4.69) is 6.92 Å². The van der Waals surface area contributed by atoms with E-state index in [9.17, 15) is 9.59 Å². The smallest absolute Gasteiger partial charge is 0.305 e. The third kappa shape index (κ3) is 3.51. The molecular weight excluding hydrogens is 196 g/mol. The zero-order chi connectivity index (χ0) is 11.6. The van der Waals surface area contributed by atoms with Crippen LogP contribution in [0.4, 0.5) is 0 Å². The first kappa shape index (κ1) is 12.0. The van der Waals surface area contributed by atoms with Crippen LogP contribution in [0.2, 0.25) is 0 Å². The average Bonchev–Trinajstić information content (AvgIpc) is 2.79. The van der Waals surface area contributed by atoms with Gasteiger partial charge in [-0.2, -0.15) is 0 Å². The molecule has 3 unspecified atom stereocenters. The molecule has 1 amide bonds. The van der Waals surface area contributed by atoms with Gasteiger partial charge < -0.3 is 15.7 Å². The Morgan fingerprint density at radius 1 is 1.60 bits per heavy atom. The molecule has 1 aliphatic carbocycles. The van der Waals surface area contributed by atoms with Gasteiger partial charge in [-0.15, -0.1) is 0 Å². The molecule has 1 aliphatic rings. The molecule has 1 fully saturated rings. The van der Waals surface area contributed by atoms with Gasteiger partial charge in [0, 0.05) is 13.6 Å². The van der Waals surface area contributed by atoms with E-state index in [0.29, 0.717) is 18.4 Å². The van der Waals surface area contributed by atoms with Gasteiger partial charge in [0.2, 0.25) is 5.91 Å². The minimum atomic E-state index is -1.04. The number of aliphatic carboxylic acids is 1. The number of likely N-dealkylation sites (N-methyl/N-ethyl adjacent to an activating group) is 1. The SMILES string of the molecule is CC1CC1CN(C)C(=O)C(N)CC(=O)O. The van der Waals surface area contributed by atoms with Gasteiger partial charge in [-0.05, 0) is 18.3 Å². The quantitative estimate of drug-likeness (QED) is 0.669. The lowest BCUT2D eigenvalue weighted by molar-refractivity contribution is -0.141. The summed E-state index contributed by atoms with van der Waals surface area (Å²) < 4.78 is 0. The van der Waals surface area contributed by atoms with E-state index in [1.54, 1.807) is 11.9 Å². The Bertz CT molecular complexity index is 267. The van der Waals surface area contributed by atoms with Gasteiger partial charge in [0.05, 0.1) is 12.5 Å². The summed E-state index contributed by atoms with van der Waals surface area (Å²) in [6, 6.07) is -0.915. The zero-order valence-corrected chi connectivity index (χ0v) is 9.14. The second-order valence-corrected chi connectivity index (χ2v) is 4.40. The van der Waals surface area contributed by atoms with E-state index in [1.807, 2.05) is 0 Å². The van der Waals surface area contributed by atoms with Crippen molar-refractivity contribution < 1.29 is 14.7 Å². The maximum Gasteiger partial charge on any atom is 0.305 e. The number of hydrogen-bond donors (Lipinski definition) is 2. The van der Waals surface area contributed by atoms with Crippen LogP contribution >= 0.6 is 0 Å². The lowest BCUT2D eigenvalue weighted by atomic mass is 10.2. The van der Waals surface area contributed by atoms with E-state index in [4.69, 9.17) is 10.8 Å². The lowest BCUT2D eigenvalue weighted by Crippen LogP contribution is -2.43. The predicted molar refractivity (Wildman–Crippen MR) is 55.1 cm³/mol. The van der Waals surface area contributed by atoms with Gasteiger partial charge in [-0.25, -0.2) is 0 Å². The number of carbonyl (C=O) groups is 2. The maximum absolute atomic E-state index is 11.6. The van der Waals surface area contributed by atoms with Crippen LogP contribution in [0.1, 0.15) is 19.8 Å². The van der Waals surface area contributed by atoms with Crippen molar-refractivity contribution in [3.8, 4) is 0 Å². The molecule has 0 aromatic heterocycles. The molecule has 1 rings (SSSR count). The van der Waals surface area contributed by atoms with Crippen molar-refractivity contribution in [2.24, 2.45) is 17.6 Å². The third-order valence-electron chi connectivity index (χ3n) is 2.87. The van der Waals surface area contributed by atoms with Crippen LogP contribution in [-0.4, -0.2) is 41.5 Å². The summed E-state index contributed by atoms with van der Waals surface area (Å²) in [4.78, 5) is 23.5. The highest BCUT2D eigenvalue weighted by Crippen LogP contribution is 2.37. The Labute approximate surface area is 89.2 Å². The standard InChI is InChI=1S/C10H18N2O3/c1-6-3-7(6)5-12(2)10(15)8(11)4-9(13)14/h6-8H,3-5,11H2,1-2H3,(H,13,14). The first-order valence-corrected chi connectivity index (χ1v) is 5.14. The zero-order valence-electron chi connectivity index (χ0n) is 9.14. The van der Waals surface area contributed by atoms with Crippen molar-refractivity contribution in [2.75, 3.05) is 13.6 Å². The van der Waals surface area contributed by atoms with Gasteiger partial charge in [0.25, 0.3) is 0 Å². The van der Waals surface area contributed by atoms with Gasteiger partial charge in [-0.1, -0.05) is 6.92 Å². The largest absolute Gasteiger partial charge is 0.481 e. The number of nitrogens with two attached hydrogens (primary N) is 1. The van der Waals surface area contributed by atoms with Gasteiger partial charge in [-0.3, -0.25) is 9.59 Å². The van der Waals surface area contributed by atoms with Crippen molar-refractivity contribution in [1.29, 1.82) is 0 Å².